The Morgan fingerprint density at radius 1 is 1.50 bits per heavy atom. The topological polar surface area (TPSA) is 21.3 Å². The maximum atomic E-state index is 5.96. The standard InChI is InChI=1S/C10H11BrClNO/c1-10(5-13-6-10)14-7-2-3-8(11)9(12)4-7/h2-4,13H,5-6H2,1H3. The van der Waals surface area contributed by atoms with Crippen molar-refractivity contribution in [2.75, 3.05) is 13.1 Å². The van der Waals surface area contributed by atoms with Gasteiger partial charge in [0, 0.05) is 17.6 Å². The SMILES string of the molecule is CC1(Oc2ccc(Br)c(Cl)c2)CNC1. The lowest BCUT2D eigenvalue weighted by atomic mass is 10.00. The van der Waals surface area contributed by atoms with Crippen molar-refractivity contribution in [1.82, 2.24) is 5.32 Å². The average Bonchev–Trinajstić information content (AvgIpc) is 2.09. The van der Waals surface area contributed by atoms with E-state index in [-0.39, 0.29) is 5.60 Å². The minimum Gasteiger partial charge on any atom is -0.485 e. The highest BCUT2D eigenvalue weighted by Crippen LogP contribution is 2.29. The lowest BCUT2D eigenvalue weighted by Crippen LogP contribution is -2.60. The van der Waals surface area contributed by atoms with E-state index < -0.39 is 0 Å². The third kappa shape index (κ3) is 2.05. The largest absolute Gasteiger partial charge is 0.485 e. The summed E-state index contributed by atoms with van der Waals surface area (Å²) in [7, 11) is 0. The fourth-order valence-corrected chi connectivity index (χ4v) is 1.79. The molecule has 0 atom stereocenters. The first-order valence-corrected chi connectivity index (χ1v) is 5.61. The predicted octanol–water partition coefficient (Wildman–Crippen LogP) is 2.84. The van der Waals surface area contributed by atoms with Crippen LogP contribution < -0.4 is 10.1 Å². The van der Waals surface area contributed by atoms with Crippen LogP contribution in [-0.2, 0) is 0 Å². The third-order valence-corrected chi connectivity index (χ3v) is 3.49. The van der Waals surface area contributed by atoms with Crippen molar-refractivity contribution >= 4 is 27.5 Å². The molecule has 0 saturated carbocycles. The van der Waals surface area contributed by atoms with Crippen LogP contribution in [0.2, 0.25) is 5.02 Å². The van der Waals surface area contributed by atoms with Gasteiger partial charge in [0.25, 0.3) is 0 Å². The molecule has 2 nitrogen and oxygen atoms in total. The van der Waals surface area contributed by atoms with Gasteiger partial charge in [-0.25, -0.2) is 0 Å². The lowest BCUT2D eigenvalue weighted by molar-refractivity contribution is 0.0349. The van der Waals surface area contributed by atoms with Gasteiger partial charge in [-0.15, -0.1) is 0 Å². The van der Waals surface area contributed by atoms with Gasteiger partial charge in [-0.1, -0.05) is 11.6 Å². The van der Waals surface area contributed by atoms with Gasteiger partial charge in [0.1, 0.15) is 11.4 Å². The number of hydrogen-bond donors (Lipinski definition) is 1. The Balaban J connectivity index is 2.13. The van der Waals surface area contributed by atoms with Crippen molar-refractivity contribution in [1.29, 1.82) is 0 Å². The van der Waals surface area contributed by atoms with Gasteiger partial charge in [-0.3, -0.25) is 0 Å². The van der Waals surface area contributed by atoms with Crippen LogP contribution in [0.1, 0.15) is 6.92 Å². The molecule has 1 saturated heterocycles. The van der Waals surface area contributed by atoms with Gasteiger partial charge in [-0.05, 0) is 41.1 Å². The van der Waals surface area contributed by atoms with Crippen molar-refractivity contribution in [2.24, 2.45) is 0 Å². The molecule has 0 aliphatic carbocycles. The molecule has 1 aliphatic heterocycles. The quantitative estimate of drug-likeness (QED) is 0.897. The first-order valence-electron chi connectivity index (χ1n) is 4.44. The number of rotatable bonds is 2. The molecule has 14 heavy (non-hydrogen) atoms. The summed E-state index contributed by atoms with van der Waals surface area (Å²) >= 11 is 9.30. The molecule has 1 heterocycles. The minimum atomic E-state index is -0.0723. The number of nitrogens with one attached hydrogen (secondary N) is 1. The van der Waals surface area contributed by atoms with E-state index >= 15 is 0 Å². The van der Waals surface area contributed by atoms with Crippen LogP contribution in [-0.4, -0.2) is 18.7 Å². The monoisotopic (exact) mass is 275 g/mol. The second-order valence-corrected chi connectivity index (χ2v) is 4.99. The summed E-state index contributed by atoms with van der Waals surface area (Å²) in [6.45, 7) is 3.86. The molecule has 1 fully saturated rings. The highest BCUT2D eigenvalue weighted by atomic mass is 79.9. The summed E-state index contributed by atoms with van der Waals surface area (Å²) in [6, 6.07) is 5.64. The number of benzene rings is 1. The summed E-state index contributed by atoms with van der Waals surface area (Å²) < 4.78 is 6.70. The molecule has 0 amide bonds. The molecule has 2 rings (SSSR count). The summed E-state index contributed by atoms with van der Waals surface area (Å²) in [5.41, 5.74) is -0.0723. The fourth-order valence-electron chi connectivity index (χ4n) is 1.37. The highest BCUT2D eigenvalue weighted by molar-refractivity contribution is 9.10. The molecule has 1 aromatic carbocycles. The van der Waals surface area contributed by atoms with Crippen LogP contribution in [0, 0.1) is 0 Å². The van der Waals surface area contributed by atoms with Crippen molar-refractivity contribution < 1.29 is 4.74 Å². The summed E-state index contributed by atoms with van der Waals surface area (Å²) in [6.07, 6.45) is 0. The van der Waals surface area contributed by atoms with Crippen LogP contribution in [0.25, 0.3) is 0 Å². The van der Waals surface area contributed by atoms with Crippen molar-refractivity contribution in [3.63, 3.8) is 0 Å². The number of hydrogen-bond acceptors (Lipinski definition) is 2. The van der Waals surface area contributed by atoms with E-state index in [1.54, 1.807) is 0 Å². The summed E-state index contributed by atoms with van der Waals surface area (Å²) in [5, 5.41) is 3.86. The highest BCUT2D eigenvalue weighted by Gasteiger charge is 2.33. The molecule has 0 aromatic heterocycles. The van der Waals surface area contributed by atoms with Crippen LogP contribution in [0.3, 0.4) is 0 Å². The minimum absolute atomic E-state index is 0.0723. The van der Waals surface area contributed by atoms with E-state index in [0.29, 0.717) is 5.02 Å². The summed E-state index contributed by atoms with van der Waals surface area (Å²) in [4.78, 5) is 0. The van der Waals surface area contributed by atoms with Gasteiger partial charge < -0.3 is 10.1 Å². The zero-order chi connectivity index (χ0) is 10.2. The molecule has 0 bridgehead atoms. The molecule has 1 aromatic rings. The Morgan fingerprint density at radius 2 is 2.21 bits per heavy atom. The Labute approximate surface area is 96.7 Å². The van der Waals surface area contributed by atoms with Gasteiger partial charge in [0.2, 0.25) is 0 Å². The maximum Gasteiger partial charge on any atom is 0.131 e. The van der Waals surface area contributed by atoms with Crippen molar-refractivity contribution in [3.8, 4) is 5.75 Å². The van der Waals surface area contributed by atoms with Crippen LogP contribution >= 0.6 is 27.5 Å². The van der Waals surface area contributed by atoms with E-state index in [2.05, 4.69) is 28.2 Å². The van der Waals surface area contributed by atoms with E-state index in [4.69, 9.17) is 16.3 Å². The molecular formula is C10H11BrClNO. The first-order chi connectivity index (χ1) is 6.59. The summed E-state index contributed by atoms with van der Waals surface area (Å²) in [5.74, 6) is 0.821. The second-order valence-electron chi connectivity index (χ2n) is 3.73. The lowest BCUT2D eigenvalue weighted by Gasteiger charge is -2.39. The Hall–Kier alpha value is -0.250. The zero-order valence-corrected chi connectivity index (χ0v) is 10.2. The fraction of sp³-hybridized carbons (Fsp3) is 0.400. The smallest absolute Gasteiger partial charge is 0.131 e. The van der Waals surface area contributed by atoms with E-state index in [1.807, 2.05) is 18.2 Å². The van der Waals surface area contributed by atoms with Gasteiger partial charge in [-0.2, -0.15) is 0 Å². The molecule has 4 heteroatoms. The molecule has 76 valence electrons. The van der Waals surface area contributed by atoms with E-state index in [1.165, 1.54) is 0 Å². The van der Waals surface area contributed by atoms with Crippen molar-refractivity contribution in [3.05, 3.63) is 27.7 Å². The molecule has 1 aliphatic rings. The van der Waals surface area contributed by atoms with Crippen molar-refractivity contribution in [2.45, 2.75) is 12.5 Å². The van der Waals surface area contributed by atoms with Gasteiger partial charge in [0.05, 0.1) is 5.02 Å². The predicted molar refractivity (Wildman–Crippen MR) is 61.1 cm³/mol. The number of halogens is 2. The van der Waals surface area contributed by atoms with E-state index in [9.17, 15) is 0 Å². The maximum absolute atomic E-state index is 5.96. The normalized spacial score (nSPS) is 18.8. The van der Waals surface area contributed by atoms with Crippen LogP contribution in [0.5, 0.6) is 5.75 Å². The molecule has 0 unspecified atom stereocenters. The third-order valence-electron chi connectivity index (χ3n) is 2.25. The zero-order valence-electron chi connectivity index (χ0n) is 7.81. The molecular weight excluding hydrogens is 265 g/mol. The molecule has 0 radical (unpaired) electrons. The first kappa shape index (κ1) is 10.3. The van der Waals surface area contributed by atoms with Crippen LogP contribution in [0.4, 0.5) is 0 Å². The Bertz CT molecular complexity index is 352. The Kier molecular flexibility index (Phi) is 2.73. The second kappa shape index (κ2) is 3.72. The van der Waals surface area contributed by atoms with E-state index in [0.717, 1.165) is 23.3 Å². The van der Waals surface area contributed by atoms with Crippen LogP contribution in [0.15, 0.2) is 22.7 Å². The Morgan fingerprint density at radius 3 is 2.71 bits per heavy atom. The van der Waals surface area contributed by atoms with Gasteiger partial charge >= 0.3 is 0 Å². The average molecular weight is 277 g/mol. The number of ether oxygens (including phenoxy) is 1. The molecule has 1 N–H and O–H groups in total. The molecule has 0 spiro atoms. The van der Waals surface area contributed by atoms with Gasteiger partial charge in [0.15, 0.2) is 0 Å².